The smallest absolute Gasteiger partial charge is 0.317 e. The molecule has 1 aromatic heterocycles. The number of rotatable bonds is 3. The predicted octanol–water partition coefficient (Wildman–Crippen LogP) is 1.75. The minimum absolute atomic E-state index is 0.0421. The van der Waals surface area contributed by atoms with Crippen molar-refractivity contribution in [2.45, 2.75) is 37.6 Å². The Morgan fingerprint density at radius 2 is 2.05 bits per heavy atom. The molecule has 0 radical (unpaired) electrons. The lowest BCUT2D eigenvalue weighted by Gasteiger charge is -2.33. The van der Waals surface area contributed by atoms with Crippen molar-refractivity contribution in [3.05, 3.63) is 11.8 Å². The molecule has 3 rings (SSSR count). The Bertz CT molecular complexity index is 491. The molecule has 2 saturated heterocycles. The standard InChI is InChI=1S/C15H23N3O4/c1-20-14-10-13(22-17-14)11-2-6-18(7-3-11)15(19)16-12-4-8-21-9-5-12/h10-12H,2-9H2,1H3,(H,16,19). The highest BCUT2D eigenvalue weighted by Crippen LogP contribution is 2.30. The lowest BCUT2D eigenvalue weighted by molar-refractivity contribution is 0.0774. The van der Waals surface area contributed by atoms with Gasteiger partial charge in [-0.05, 0) is 30.8 Å². The minimum atomic E-state index is 0.0421. The highest BCUT2D eigenvalue weighted by molar-refractivity contribution is 5.74. The molecule has 0 saturated carbocycles. The highest BCUT2D eigenvalue weighted by atomic mass is 16.5. The molecule has 122 valence electrons. The van der Waals surface area contributed by atoms with Gasteiger partial charge in [0, 0.05) is 44.3 Å². The van der Waals surface area contributed by atoms with Crippen LogP contribution in [-0.4, -0.2) is 55.5 Å². The molecule has 1 N–H and O–H groups in total. The van der Waals surface area contributed by atoms with Gasteiger partial charge in [0.25, 0.3) is 5.88 Å². The fraction of sp³-hybridized carbons (Fsp3) is 0.733. The molecule has 0 atom stereocenters. The number of carbonyl (C=O) groups excluding carboxylic acids is 1. The van der Waals surface area contributed by atoms with Crippen molar-refractivity contribution in [2.75, 3.05) is 33.4 Å². The lowest BCUT2D eigenvalue weighted by atomic mass is 9.94. The van der Waals surface area contributed by atoms with Gasteiger partial charge in [0.1, 0.15) is 5.76 Å². The highest BCUT2D eigenvalue weighted by Gasteiger charge is 2.27. The van der Waals surface area contributed by atoms with Crippen LogP contribution in [0.5, 0.6) is 5.88 Å². The van der Waals surface area contributed by atoms with Gasteiger partial charge in [-0.1, -0.05) is 0 Å². The Labute approximate surface area is 129 Å². The van der Waals surface area contributed by atoms with Crippen LogP contribution in [-0.2, 0) is 4.74 Å². The van der Waals surface area contributed by atoms with E-state index in [9.17, 15) is 4.79 Å². The summed E-state index contributed by atoms with van der Waals surface area (Å²) in [6.45, 7) is 2.95. The van der Waals surface area contributed by atoms with Crippen LogP contribution in [0, 0.1) is 0 Å². The number of urea groups is 1. The van der Waals surface area contributed by atoms with Crippen LogP contribution in [0.2, 0.25) is 0 Å². The quantitative estimate of drug-likeness (QED) is 0.920. The van der Waals surface area contributed by atoms with Gasteiger partial charge in [-0.3, -0.25) is 0 Å². The van der Waals surface area contributed by atoms with Crippen molar-refractivity contribution >= 4 is 6.03 Å². The first-order chi connectivity index (χ1) is 10.8. The molecule has 1 aromatic rings. The van der Waals surface area contributed by atoms with Gasteiger partial charge in [0.15, 0.2) is 0 Å². The van der Waals surface area contributed by atoms with E-state index in [-0.39, 0.29) is 12.1 Å². The van der Waals surface area contributed by atoms with Crippen LogP contribution < -0.4 is 10.1 Å². The molecular formula is C15H23N3O4. The van der Waals surface area contributed by atoms with Crippen molar-refractivity contribution in [1.82, 2.24) is 15.4 Å². The first-order valence-corrected chi connectivity index (χ1v) is 7.90. The van der Waals surface area contributed by atoms with Gasteiger partial charge in [0.05, 0.1) is 7.11 Å². The van der Waals surface area contributed by atoms with Crippen molar-refractivity contribution < 1.29 is 18.8 Å². The molecule has 7 nitrogen and oxygen atoms in total. The van der Waals surface area contributed by atoms with E-state index in [4.69, 9.17) is 14.0 Å². The maximum atomic E-state index is 12.3. The zero-order valence-electron chi connectivity index (χ0n) is 12.9. The first-order valence-electron chi connectivity index (χ1n) is 7.90. The largest absolute Gasteiger partial charge is 0.479 e. The second kappa shape index (κ2) is 7.00. The van der Waals surface area contributed by atoms with Gasteiger partial charge in [-0.25, -0.2) is 4.79 Å². The van der Waals surface area contributed by atoms with Gasteiger partial charge >= 0.3 is 6.03 Å². The molecule has 3 heterocycles. The summed E-state index contributed by atoms with van der Waals surface area (Å²) in [5, 5.41) is 6.95. The summed E-state index contributed by atoms with van der Waals surface area (Å²) in [5.41, 5.74) is 0. The molecule has 0 aliphatic carbocycles. The summed E-state index contributed by atoms with van der Waals surface area (Å²) in [7, 11) is 1.57. The third kappa shape index (κ3) is 3.52. The number of amides is 2. The predicted molar refractivity (Wildman–Crippen MR) is 79.0 cm³/mol. The number of hydrogen-bond donors (Lipinski definition) is 1. The van der Waals surface area contributed by atoms with Crippen molar-refractivity contribution in [3.8, 4) is 5.88 Å². The minimum Gasteiger partial charge on any atom is -0.479 e. The van der Waals surface area contributed by atoms with Gasteiger partial charge in [0.2, 0.25) is 0 Å². The van der Waals surface area contributed by atoms with Crippen LogP contribution in [0.3, 0.4) is 0 Å². The van der Waals surface area contributed by atoms with Crippen LogP contribution in [0.4, 0.5) is 4.79 Å². The number of ether oxygens (including phenoxy) is 2. The second-order valence-corrected chi connectivity index (χ2v) is 5.87. The summed E-state index contributed by atoms with van der Waals surface area (Å²) < 4.78 is 15.7. The molecule has 0 spiro atoms. The summed E-state index contributed by atoms with van der Waals surface area (Å²) in [5.74, 6) is 1.67. The molecule has 2 amide bonds. The number of aromatic nitrogens is 1. The summed E-state index contributed by atoms with van der Waals surface area (Å²) >= 11 is 0. The van der Waals surface area contributed by atoms with E-state index >= 15 is 0 Å². The SMILES string of the molecule is COc1cc(C2CCN(C(=O)NC3CCOCC3)CC2)on1. The van der Waals surface area contributed by atoms with Crippen molar-refractivity contribution in [3.63, 3.8) is 0 Å². The Morgan fingerprint density at radius 3 is 2.68 bits per heavy atom. The molecule has 7 heteroatoms. The fourth-order valence-corrected chi connectivity index (χ4v) is 3.04. The van der Waals surface area contributed by atoms with E-state index in [2.05, 4.69) is 10.5 Å². The number of piperidine rings is 1. The van der Waals surface area contributed by atoms with Gasteiger partial charge in [-0.15, -0.1) is 0 Å². The molecule has 0 aromatic carbocycles. The molecular weight excluding hydrogens is 286 g/mol. The van der Waals surface area contributed by atoms with Crippen LogP contribution in [0.15, 0.2) is 10.6 Å². The topological polar surface area (TPSA) is 76.8 Å². The maximum Gasteiger partial charge on any atom is 0.317 e. The lowest BCUT2D eigenvalue weighted by Crippen LogP contribution is -2.48. The van der Waals surface area contributed by atoms with Crippen LogP contribution >= 0.6 is 0 Å². The summed E-state index contributed by atoms with van der Waals surface area (Å²) in [6.07, 6.45) is 3.58. The zero-order valence-corrected chi connectivity index (χ0v) is 12.9. The molecule has 2 fully saturated rings. The normalized spacial score (nSPS) is 20.9. The van der Waals surface area contributed by atoms with E-state index in [0.717, 1.165) is 57.7 Å². The van der Waals surface area contributed by atoms with Crippen molar-refractivity contribution in [1.29, 1.82) is 0 Å². The van der Waals surface area contributed by atoms with E-state index in [1.54, 1.807) is 7.11 Å². The third-order valence-electron chi connectivity index (χ3n) is 4.45. The van der Waals surface area contributed by atoms with E-state index in [1.807, 2.05) is 11.0 Å². The van der Waals surface area contributed by atoms with Crippen LogP contribution in [0.25, 0.3) is 0 Å². The Hall–Kier alpha value is -1.76. The molecule has 22 heavy (non-hydrogen) atoms. The van der Waals surface area contributed by atoms with Crippen molar-refractivity contribution in [2.24, 2.45) is 0 Å². The number of nitrogens with one attached hydrogen (secondary N) is 1. The zero-order chi connectivity index (χ0) is 15.4. The Balaban J connectivity index is 1.47. The maximum absolute atomic E-state index is 12.3. The first kappa shape index (κ1) is 15.1. The van der Waals surface area contributed by atoms with E-state index < -0.39 is 0 Å². The number of likely N-dealkylation sites (tertiary alicyclic amines) is 1. The Morgan fingerprint density at radius 1 is 1.32 bits per heavy atom. The molecule has 2 aliphatic rings. The third-order valence-corrected chi connectivity index (χ3v) is 4.45. The van der Waals surface area contributed by atoms with Crippen LogP contribution in [0.1, 0.15) is 37.4 Å². The van der Waals surface area contributed by atoms with Gasteiger partial charge in [-0.2, -0.15) is 0 Å². The summed E-state index contributed by atoms with van der Waals surface area (Å²) in [4.78, 5) is 14.2. The average molecular weight is 309 g/mol. The average Bonchev–Trinajstić information content (AvgIpc) is 3.05. The molecule has 0 bridgehead atoms. The fourth-order valence-electron chi connectivity index (χ4n) is 3.04. The second-order valence-electron chi connectivity index (χ2n) is 5.87. The van der Waals surface area contributed by atoms with Gasteiger partial charge < -0.3 is 24.2 Å². The monoisotopic (exact) mass is 309 g/mol. The number of carbonyl (C=O) groups is 1. The number of methoxy groups -OCH3 is 1. The van der Waals surface area contributed by atoms with E-state index in [1.165, 1.54) is 0 Å². The molecule has 0 unspecified atom stereocenters. The van der Waals surface area contributed by atoms with E-state index in [0.29, 0.717) is 11.8 Å². The molecule has 2 aliphatic heterocycles. The number of nitrogens with zero attached hydrogens (tertiary/aromatic N) is 2. The number of hydrogen-bond acceptors (Lipinski definition) is 5. The Kier molecular flexibility index (Phi) is 4.82. The summed E-state index contributed by atoms with van der Waals surface area (Å²) in [6, 6.07) is 2.13.